The van der Waals surface area contributed by atoms with Gasteiger partial charge in [0.1, 0.15) is 5.75 Å². The minimum Gasteiger partial charge on any atom is -0.495 e. The third kappa shape index (κ3) is 4.33. The van der Waals surface area contributed by atoms with Crippen molar-refractivity contribution in [2.45, 2.75) is 26.2 Å². The van der Waals surface area contributed by atoms with Crippen LogP contribution in [-0.2, 0) is 0 Å². The van der Waals surface area contributed by atoms with Crippen LogP contribution in [-0.4, -0.2) is 13.7 Å². The van der Waals surface area contributed by atoms with Crippen LogP contribution < -0.4 is 10.1 Å². The van der Waals surface area contributed by atoms with Crippen molar-refractivity contribution in [3.8, 4) is 16.9 Å². The van der Waals surface area contributed by atoms with Crippen molar-refractivity contribution in [2.75, 3.05) is 19.0 Å². The molecule has 0 radical (unpaired) electrons. The summed E-state index contributed by atoms with van der Waals surface area (Å²) in [5.41, 5.74) is 6.25. The summed E-state index contributed by atoms with van der Waals surface area (Å²) in [6, 6.07) is 16.8. The lowest BCUT2D eigenvalue weighted by Crippen LogP contribution is -2.12. The van der Waals surface area contributed by atoms with Crippen LogP contribution in [0.3, 0.4) is 0 Å². The first-order chi connectivity index (χ1) is 12.2. The quantitative estimate of drug-likeness (QED) is 0.647. The van der Waals surface area contributed by atoms with Crippen molar-refractivity contribution in [1.82, 2.24) is 0 Å². The van der Waals surface area contributed by atoms with Crippen molar-refractivity contribution < 1.29 is 4.74 Å². The standard InChI is InChI=1S/C23H27NO/c1-17(2)19-11-9-18(10-12-19)16-24-22-15-21(13-14-23(22)25-3)20-7-5-4-6-8-20/h4-9,13-15,19,24H,1,10-12,16H2,2-3H3. The predicted molar refractivity (Wildman–Crippen MR) is 107 cm³/mol. The van der Waals surface area contributed by atoms with Crippen molar-refractivity contribution in [2.24, 2.45) is 5.92 Å². The maximum atomic E-state index is 5.53. The van der Waals surface area contributed by atoms with E-state index in [1.165, 1.54) is 28.7 Å². The molecule has 0 bridgehead atoms. The van der Waals surface area contributed by atoms with E-state index in [4.69, 9.17) is 4.74 Å². The largest absolute Gasteiger partial charge is 0.495 e. The Morgan fingerprint density at radius 3 is 2.60 bits per heavy atom. The molecule has 25 heavy (non-hydrogen) atoms. The summed E-state index contributed by atoms with van der Waals surface area (Å²) in [7, 11) is 1.72. The van der Waals surface area contributed by atoms with Gasteiger partial charge in [-0.2, -0.15) is 0 Å². The number of benzene rings is 2. The van der Waals surface area contributed by atoms with Crippen molar-refractivity contribution >= 4 is 5.69 Å². The smallest absolute Gasteiger partial charge is 0.141 e. The Labute approximate surface area is 151 Å². The van der Waals surface area contributed by atoms with Crippen LogP contribution in [0.1, 0.15) is 26.2 Å². The van der Waals surface area contributed by atoms with Gasteiger partial charge in [-0.1, -0.05) is 60.2 Å². The number of hydrogen-bond acceptors (Lipinski definition) is 2. The number of methoxy groups -OCH3 is 1. The van der Waals surface area contributed by atoms with E-state index in [9.17, 15) is 0 Å². The van der Waals surface area contributed by atoms with Gasteiger partial charge in [0.15, 0.2) is 0 Å². The Kier molecular flexibility index (Phi) is 5.60. The van der Waals surface area contributed by atoms with E-state index in [1.54, 1.807) is 7.11 Å². The number of nitrogens with one attached hydrogen (secondary N) is 1. The minimum absolute atomic E-state index is 0.652. The topological polar surface area (TPSA) is 21.3 Å². The molecule has 0 aliphatic heterocycles. The summed E-state index contributed by atoms with van der Waals surface area (Å²) < 4.78 is 5.53. The lowest BCUT2D eigenvalue weighted by Gasteiger charge is -2.23. The minimum atomic E-state index is 0.652. The van der Waals surface area contributed by atoms with Gasteiger partial charge >= 0.3 is 0 Å². The summed E-state index contributed by atoms with van der Waals surface area (Å²) in [5, 5.41) is 3.57. The fourth-order valence-electron chi connectivity index (χ4n) is 3.36. The molecule has 2 nitrogen and oxygen atoms in total. The van der Waals surface area contributed by atoms with Crippen molar-refractivity contribution in [3.05, 3.63) is 72.3 Å². The monoisotopic (exact) mass is 333 g/mol. The summed E-state index contributed by atoms with van der Waals surface area (Å²) in [4.78, 5) is 0. The van der Waals surface area contributed by atoms with Crippen LogP contribution in [0.2, 0.25) is 0 Å². The summed E-state index contributed by atoms with van der Waals surface area (Å²) in [6.45, 7) is 7.11. The highest BCUT2D eigenvalue weighted by Gasteiger charge is 2.15. The fraction of sp³-hybridized carbons (Fsp3) is 0.304. The molecule has 1 aliphatic carbocycles. The molecule has 2 aromatic rings. The van der Waals surface area contributed by atoms with E-state index in [1.807, 2.05) is 12.1 Å². The average molecular weight is 333 g/mol. The first-order valence-electron chi connectivity index (χ1n) is 8.98. The molecule has 1 unspecified atom stereocenters. The number of allylic oxidation sites excluding steroid dienone is 2. The predicted octanol–water partition coefficient (Wildman–Crippen LogP) is 6.08. The average Bonchev–Trinajstić information content (AvgIpc) is 2.67. The van der Waals surface area contributed by atoms with Crippen LogP contribution in [0.5, 0.6) is 5.75 Å². The second-order valence-corrected chi connectivity index (χ2v) is 6.81. The first kappa shape index (κ1) is 17.3. The highest BCUT2D eigenvalue weighted by atomic mass is 16.5. The highest BCUT2D eigenvalue weighted by Crippen LogP contribution is 2.32. The lowest BCUT2D eigenvalue weighted by atomic mass is 9.85. The number of hydrogen-bond donors (Lipinski definition) is 1. The molecule has 0 spiro atoms. The summed E-state index contributed by atoms with van der Waals surface area (Å²) in [6.07, 6.45) is 5.85. The van der Waals surface area contributed by atoms with Gasteiger partial charge in [-0.15, -0.1) is 0 Å². The molecule has 2 heteroatoms. The van der Waals surface area contributed by atoms with Gasteiger partial charge in [0.25, 0.3) is 0 Å². The molecule has 0 aromatic heterocycles. The van der Waals surface area contributed by atoms with E-state index in [0.29, 0.717) is 5.92 Å². The van der Waals surface area contributed by atoms with Gasteiger partial charge in [0.2, 0.25) is 0 Å². The van der Waals surface area contributed by atoms with Gasteiger partial charge < -0.3 is 10.1 Å². The molecule has 0 saturated heterocycles. The second kappa shape index (κ2) is 8.06. The molecule has 0 fully saturated rings. The Balaban J connectivity index is 1.72. The van der Waals surface area contributed by atoms with Crippen LogP contribution in [0.15, 0.2) is 72.3 Å². The van der Waals surface area contributed by atoms with Crippen LogP contribution in [0, 0.1) is 5.92 Å². The van der Waals surface area contributed by atoms with Gasteiger partial charge in [-0.25, -0.2) is 0 Å². The normalized spacial score (nSPS) is 16.9. The van der Waals surface area contributed by atoms with Crippen molar-refractivity contribution in [1.29, 1.82) is 0 Å². The third-order valence-corrected chi connectivity index (χ3v) is 5.01. The zero-order chi connectivity index (χ0) is 17.6. The van der Waals surface area contributed by atoms with Crippen LogP contribution in [0.25, 0.3) is 11.1 Å². The molecule has 1 atom stereocenters. The first-order valence-corrected chi connectivity index (χ1v) is 8.98. The summed E-state index contributed by atoms with van der Waals surface area (Å²) in [5.74, 6) is 1.54. The zero-order valence-corrected chi connectivity index (χ0v) is 15.2. The second-order valence-electron chi connectivity index (χ2n) is 6.81. The van der Waals surface area contributed by atoms with Gasteiger partial charge in [-0.05, 0) is 55.4 Å². The maximum Gasteiger partial charge on any atom is 0.141 e. The zero-order valence-electron chi connectivity index (χ0n) is 15.2. The van der Waals surface area contributed by atoms with E-state index in [0.717, 1.165) is 30.8 Å². The SMILES string of the molecule is C=C(C)C1CC=C(CNc2cc(-c3ccccc3)ccc2OC)CC1. The van der Waals surface area contributed by atoms with Crippen LogP contribution in [0.4, 0.5) is 5.69 Å². The maximum absolute atomic E-state index is 5.53. The Morgan fingerprint density at radius 1 is 1.16 bits per heavy atom. The molecule has 1 aliphatic rings. The Morgan fingerprint density at radius 2 is 1.96 bits per heavy atom. The van der Waals surface area contributed by atoms with E-state index in [2.05, 4.69) is 61.3 Å². The van der Waals surface area contributed by atoms with Crippen molar-refractivity contribution in [3.63, 3.8) is 0 Å². The molecule has 2 aromatic carbocycles. The van der Waals surface area contributed by atoms with E-state index in [-0.39, 0.29) is 0 Å². The van der Waals surface area contributed by atoms with Gasteiger partial charge in [0, 0.05) is 6.54 Å². The van der Waals surface area contributed by atoms with E-state index < -0.39 is 0 Å². The molecule has 1 N–H and O–H groups in total. The van der Waals surface area contributed by atoms with Gasteiger partial charge in [0.05, 0.1) is 12.8 Å². The number of ether oxygens (including phenoxy) is 1. The molecule has 0 saturated carbocycles. The molecular weight excluding hydrogens is 306 g/mol. The Hall–Kier alpha value is -2.48. The lowest BCUT2D eigenvalue weighted by molar-refractivity contribution is 0.416. The van der Waals surface area contributed by atoms with Gasteiger partial charge in [-0.3, -0.25) is 0 Å². The van der Waals surface area contributed by atoms with Crippen LogP contribution >= 0.6 is 0 Å². The molecule has 0 heterocycles. The molecular formula is C23H27NO. The Bertz CT molecular complexity index is 761. The third-order valence-electron chi connectivity index (χ3n) is 5.01. The number of rotatable bonds is 6. The summed E-state index contributed by atoms with van der Waals surface area (Å²) >= 11 is 0. The molecule has 3 rings (SSSR count). The molecule has 130 valence electrons. The highest BCUT2D eigenvalue weighted by molar-refractivity contribution is 5.72. The molecule has 0 amide bonds. The number of anilines is 1. The van der Waals surface area contributed by atoms with E-state index >= 15 is 0 Å². The fourth-order valence-corrected chi connectivity index (χ4v) is 3.36.